The first-order valence-electron chi connectivity index (χ1n) is 9.47. The molecule has 0 unspecified atom stereocenters. The van der Waals surface area contributed by atoms with E-state index in [1.807, 2.05) is 11.0 Å². The molecule has 1 amide bonds. The summed E-state index contributed by atoms with van der Waals surface area (Å²) in [5.74, 6) is 2.28. The van der Waals surface area contributed by atoms with Crippen molar-refractivity contribution in [2.24, 2.45) is 17.8 Å². The largest absolute Gasteiger partial charge is 0.342 e. The smallest absolute Gasteiger partial charge is 0.266 e. The van der Waals surface area contributed by atoms with Crippen molar-refractivity contribution in [2.75, 3.05) is 13.1 Å². The molecule has 1 aliphatic heterocycles. The van der Waals surface area contributed by atoms with E-state index < -0.39 is 0 Å². The standard InChI is InChI=1S/C19H27N3O2/c1-13-2-4-16(5-3-13)19(24)21-10-14(11-21)12-22-18(23)9-8-17(20-22)15-6-7-15/h8-9,13-16H,2-7,10-12H2,1H3. The van der Waals surface area contributed by atoms with Crippen LogP contribution in [0.2, 0.25) is 0 Å². The van der Waals surface area contributed by atoms with E-state index in [4.69, 9.17) is 0 Å². The first-order chi connectivity index (χ1) is 11.6. The van der Waals surface area contributed by atoms with Gasteiger partial charge in [-0.3, -0.25) is 9.59 Å². The van der Waals surface area contributed by atoms with Gasteiger partial charge in [-0.25, -0.2) is 4.68 Å². The fourth-order valence-electron chi connectivity index (χ4n) is 4.07. The summed E-state index contributed by atoms with van der Waals surface area (Å²) in [5, 5.41) is 4.52. The third-order valence-electron chi connectivity index (χ3n) is 5.95. The molecule has 5 nitrogen and oxygen atoms in total. The van der Waals surface area contributed by atoms with Gasteiger partial charge in [0.1, 0.15) is 0 Å². The van der Waals surface area contributed by atoms with Crippen LogP contribution in [0.3, 0.4) is 0 Å². The molecule has 24 heavy (non-hydrogen) atoms. The second kappa shape index (κ2) is 6.34. The minimum atomic E-state index is -0.0227. The van der Waals surface area contributed by atoms with Gasteiger partial charge >= 0.3 is 0 Å². The van der Waals surface area contributed by atoms with E-state index in [0.29, 0.717) is 24.3 Å². The lowest BCUT2D eigenvalue weighted by molar-refractivity contribution is -0.143. The molecule has 3 aliphatic rings. The van der Waals surface area contributed by atoms with Crippen molar-refractivity contribution in [3.8, 4) is 0 Å². The quantitative estimate of drug-likeness (QED) is 0.852. The van der Waals surface area contributed by atoms with E-state index in [1.54, 1.807) is 10.7 Å². The molecule has 1 aromatic rings. The molecule has 0 radical (unpaired) electrons. The minimum Gasteiger partial charge on any atom is -0.342 e. The first kappa shape index (κ1) is 15.9. The van der Waals surface area contributed by atoms with Gasteiger partial charge in [-0.1, -0.05) is 6.92 Å². The Morgan fingerprint density at radius 1 is 1.12 bits per heavy atom. The van der Waals surface area contributed by atoms with Crippen LogP contribution >= 0.6 is 0 Å². The van der Waals surface area contributed by atoms with Crippen LogP contribution in [0, 0.1) is 17.8 Å². The van der Waals surface area contributed by atoms with Gasteiger partial charge < -0.3 is 4.90 Å². The molecule has 0 aromatic carbocycles. The summed E-state index contributed by atoms with van der Waals surface area (Å²) in [6, 6.07) is 3.52. The summed E-state index contributed by atoms with van der Waals surface area (Å²) in [7, 11) is 0. The van der Waals surface area contributed by atoms with E-state index in [0.717, 1.165) is 37.5 Å². The number of rotatable bonds is 4. The highest BCUT2D eigenvalue weighted by molar-refractivity contribution is 5.79. The van der Waals surface area contributed by atoms with E-state index in [9.17, 15) is 9.59 Å². The van der Waals surface area contributed by atoms with Gasteiger partial charge in [0.25, 0.3) is 5.56 Å². The second-order valence-corrected chi connectivity index (χ2v) is 8.12. The zero-order chi connectivity index (χ0) is 16.7. The van der Waals surface area contributed by atoms with Gasteiger partial charge in [0.15, 0.2) is 0 Å². The predicted octanol–water partition coefficient (Wildman–Crippen LogP) is 2.41. The van der Waals surface area contributed by atoms with Crippen LogP contribution in [0.15, 0.2) is 16.9 Å². The van der Waals surface area contributed by atoms with E-state index in [-0.39, 0.29) is 11.5 Å². The molecular weight excluding hydrogens is 302 g/mol. The van der Waals surface area contributed by atoms with Crippen molar-refractivity contribution in [3.63, 3.8) is 0 Å². The summed E-state index contributed by atoms with van der Waals surface area (Å²) < 4.78 is 1.61. The van der Waals surface area contributed by atoms with Crippen LogP contribution in [0.25, 0.3) is 0 Å². The van der Waals surface area contributed by atoms with E-state index >= 15 is 0 Å². The summed E-state index contributed by atoms with van der Waals surface area (Å²) in [5.41, 5.74) is 1.03. The number of hydrogen-bond acceptors (Lipinski definition) is 3. The Morgan fingerprint density at radius 2 is 1.83 bits per heavy atom. The molecule has 0 bridgehead atoms. The monoisotopic (exact) mass is 329 g/mol. The number of amides is 1. The summed E-state index contributed by atoms with van der Waals surface area (Å²) in [4.78, 5) is 26.5. The normalized spacial score (nSPS) is 27.8. The Bertz CT molecular complexity index is 665. The number of aromatic nitrogens is 2. The van der Waals surface area contributed by atoms with Crippen molar-refractivity contribution >= 4 is 5.91 Å². The number of carbonyl (C=O) groups excluding carboxylic acids is 1. The molecular formula is C19H27N3O2. The number of nitrogens with zero attached hydrogens (tertiary/aromatic N) is 3. The van der Waals surface area contributed by atoms with Crippen LogP contribution in [0.5, 0.6) is 0 Å². The van der Waals surface area contributed by atoms with Gasteiger partial charge in [0.05, 0.1) is 12.2 Å². The highest BCUT2D eigenvalue weighted by Crippen LogP contribution is 2.38. The second-order valence-electron chi connectivity index (χ2n) is 8.12. The lowest BCUT2D eigenvalue weighted by atomic mass is 9.81. The lowest BCUT2D eigenvalue weighted by Gasteiger charge is -2.42. The van der Waals surface area contributed by atoms with Gasteiger partial charge in [-0.15, -0.1) is 0 Å². The maximum absolute atomic E-state index is 12.5. The Balaban J connectivity index is 1.31. The average molecular weight is 329 g/mol. The minimum absolute atomic E-state index is 0.0227. The van der Waals surface area contributed by atoms with E-state index in [1.165, 1.54) is 25.7 Å². The zero-order valence-corrected chi connectivity index (χ0v) is 14.5. The molecule has 1 saturated heterocycles. The molecule has 0 N–H and O–H groups in total. The van der Waals surface area contributed by atoms with E-state index in [2.05, 4.69) is 12.0 Å². The molecule has 0 atom stereocenters. The molecule has 1 aromatic heterocycles. The fraction of sp³-hybridized carbons (Fsp3) is 0.737. The highest BCUT2D eigenvalue weighted by atomic mass is 16.2. The van der Waals surface area contributed by atoms with Crippen molar-refractivity contribution in [3.05, 3.63) is 28.2 Å². The Hall–Kier alpha value is -1.65. The van der Waals surface area contributed by atoms with Crippen LogP contribution < -0.4 is 5.56 Å². The first-order valence-corrected chi connectivity index (χ1v) is 9.47. The van der Waals surface area contributed by atoms with Crippen LogP contribution in [0.1, 0.15) is 57.1 Å². The molecule has 2 saturated carbocycles. The van der Waals surface area contributed by atoms with Crippen molar-refractivity contribution < 1.29 is 4.79 Å². The Kier molecular flexibility index (Phi) is 4.19. The maximum Gasteiger partial charge on any atom is 0.266 e. The SMILES string of the molecule is CC1CCC(C(=O)N2CC(Cn3nc(C4CC4)ccc3=O)C2)CC1. The average Bonchev–Trinajstić information content (AvgIpc) is 3.37. The van der Waals surface area contributed by atoms with Crippen molar-refractivity contribution in [2.45, 2.75) is 57.9 Å². The maximum atomic E-state index is 12.5. The predicted molar refractivity (Wildman–Crippen MR) is 91.7 cm³/mol. The molecule has 3 fully saturated rings. The van der Waals surface area contributed by atoms with Gasteiger partial charge in [0, 0.05) is 36.9 Å². The third kappa shape index (κ3) is 3.26. The van der Waals surface area contributed by atoms with Gasteiger partial charge in [0.2, 0.25) is 5.91 Å². The van der Waals surface area contributed by atoms with Crippen molar-refractivity contribution in [1.82, 2.24) is 14.7 Å². The molecule has 5 heteroatoms. The van der Waals surface area contributed by atoms with Crippen LogP contribution in [-0.4, -0.2) is 33.7 Å². The summed E-state index contributed by atoms with van der Waals surface area (Å²) in [6.07, 6.45) is 6.84. The van der Waals surface area contributed by atoms with Crippen LogP contribution in [-0.2, 0) is 11.3 Å². The Labute approximate surface area is 143 Å². The third-order valence-corrected chi connectivity index (χ3v) is 5.95. The fourth-order valence-corrected chi connectivity index (χ4v) is 4.07. The lowest BCUT2D eigenvalue weighted by Crippen LogP contribution is -2.54. The number of likely N-dealkylation sites (tertiary alicyclic amines) is 1. The zero-order valence-electron chi connectivity index (χ0n) is 14.5. The number of carbonyl (C=O) groups is 1. The molecule has 130 valence electrons. The van der Waals surface area contributed by atoms with Crippen LogP contribution in [0.4, 0.5) is 0 Å². The molecule has 0 spiro atoms. The summed E-state index contributed by atoms with van der Waals surface area (Å²) in [6.45, 7) is 4.49. The molecule has 4 rings (SSSR count). The highest BCUT2D eigenvalue weighted by Gasteiger charge is 2.36. The Morgan fingerprint density at radius 3 is 2.50 bits per heavy atom. The molecule has 2 heterocycles. The van der Waals surface area contributed by atoms with Crippen molar-refractivity contribution in [1.29, 1.82) is 0 Å². The molecule has 2 aliphatic carbocycles. The van der Waals surface area contributed by atoms with Gasteiger partial charge in [-0.05, 0) is 50.5 Å². The number of hydrogen-bond donors (Lipinski definition) is 0. The topological polar surface area (TPSA) is 55.2 Å². The summed E-state index contributed by atoms with van der Waals surface area (Å²) >= 11 is 0. The van der Waals surface area contributed by atoms with Gasteiger partial charge in [-0.2, -0.15) is 5.10 Å².